The van der Waals surface area contributed by atoms with Crippen molar-refractivity contribution in [1.82, 2.24) is 14.9 Å². The number of rotatable bonds is 4. The second-order valence-corrected chi connectivity index (χ2v) is 8.66. The topological polar surface area (TPSA) is 49.3 Å². The lowest BCUT2D eigenvalue weighted by molar-refractivity contribution is -0.131. The number of aromatic nitrogens is 2. The molecule has 0 N–H and O–H groups in total. The van der Waals surface area contributed by atoms with Crippen LogP contribution in [0.25, 0.3) is 0 Å². The van der Waals surface area contributed by atoms with E-state index in [2.05, 4.69) is 39.7 Å². The zero-order valence-electron chi connectivity index (χ0n) is 15.6. The lowest BCUT2D eigenvalue weighted by atomic mass is 9.78. The van der Waals surface area contributed by atoms with E-state index in [0.717, 1.165) is 44.1 Å². The van der Waals surface area contributed by atoms with E-state index in [1.54, 1.807) is 6.33 Å². The Morgan fingerprint density at radius 1 is 1.20 bits per heavy atom. The number of likely N-dealkylation sites (tertiary alicyclic amines) is 1. The van der Waals surface area contributed by atoms with Crippen molar-refractivity contribution in [3.8, 4) is 0 Å². The van der Waals surface area contributed by atoms with Gasteiger partial charge in [0.2, 0.25) is 5.91 Å². The number of nitrogens with zero attached hydrogens (tertiary/aromatic N) is 4. The third kappa shape index (κ3) is 3.65. The largest absolute Gasteiger partial charge is 0.356 e. The number of amides is 1. The number of carbonyl (C=O) groups is 1. The molecular formula is C20H30N4O. The zero-order valence-corrected chi connectivity index (χ0v) is 15.6. The molecule has 3 aliphatic rings. The van der Waals surface area contributed by atoms with Gasteiger partial charge in [-0.05, 0) is 49.4 Å². The molecule has 0 aromatic carbocycles. The molecule has 0 radical (unpaired) electrons. The lowest BCUT2D eigenvalue weighted by Gasteiger charge is -2.39. The van der Waals surface area contributed by atoms with Gasteiger partial charge < -0.3 is 9.80 Å². The molecule has 5 nitrogen and oxygen atoms in total. The van der Waals surface area contributed by atoms with Crippen LogP contribution in [0.5, 0.6) is 0 Å². The fraction of sp³-hybridized carbons (Fsp3) is 0.750. The molecular weight excluding hydrogens is 312 g/mol. The Balaban J connectivity index is 1.35. The van der Waals surface area contributed by atoms with Crippen LogP contribution in [0.2, 0.25) is 0 Å². The molecule has 5 heteroatoms. The summed E-state index contributed by atoms with van der Waals surface area (Å²) in [6, 6.07) is 2.14. The monoisotopic (exact) mass is 342 g/mol. The van der Waals surface area contributed by atoms with Crippen molar-refractivity contribution in [3.63, 3.8) is 0 Å². The summed E-state index contributed by atoms with van der Waals surface area (Å²) in [5.74, 6) is 2.59. The number of anilines is 1. The Bertz CT molecular complexity index is 632. The van der Waals surface area contributed by atoms with E-state index in [1.807, 2.05) is 0 Å². The van der Waals surface area contributed by atoms with Gasteiger partial charge in [0.25, 0.3) is 0 Å². The molecule has 2 aliphatic heterocycles. The molecule has 1 aromatic rings. The molecule has 136 valence electrons. The maximum Gasteiger partial charge on any atom is 0.222 e. The van der Waals surface area contributed by atoms with Crippen LogP contribution in [0, 0.1) is 11.3 Å². The van der Waals surface area contributed by atoms with Crippen LogP contribution in [0.3, 0.4) is 0 Å². The first-order chi connectivity index (χ1) is 12.0. The summed E-state index contributed by atoms with van der Waals surface area (Å²) in [5, 5.41) is 0. The first-order valence-corrected chi connectivity index (χ1v) is 9.89. The van der Waals surface area contributed by atoms with Crippen molar-refractivity contribution in [2.75, 3.05) is 31.1 Å². The van der Waals surface area contributed by atoms with Crippen molar-refractivity contribution in [2.45, 2.75) is 58.3 Å². The summed E-state index contributed by atoms with van der Waals surface area (Å²) in [6.07, 6.45) is 8.53. The van der Waals surface area contributed by atoms with Crippen LogP contribution in [0.15, 0.2) is 12.4 Å². The summed E-state index contributed by atoms with van der Waals surface area (Å²) in [6.45, 7) is 8.37. The van der Waals surface area contributed by atoms with Gasteiger partial charge in [-0.25, -0.2) is 9.97 Å². The van der Waals surface area contributed by atoms with Gasteiger partial charge in [0.15, 0.2) is 0 Å². The highest BCUT2D eigenvalue weighted by Gasteiger charge is 2.42. The molecule has 1 spiro atoms. The van der Waals surface area contributed by atoms with E-state index in [-0.39, 0.29) is 0 Å². The molecule has 2 saturated heterocycles. The summed E-state index contributed by atoms with van der Waals surface area (Å²) in [5.41, 5.74) is 1.46. The Morgan fingerprint density at radius 3 is 2.60 bits per heavy atom. The smallest absolute Gasteiger partial charge is 0.222 e. The number of piperidine rings is 1. The van der Waals surface area contributed by atoms with Gasteiger partial charge in [-0.3, -0.25) is 4.79 Å². The zero-order chi connectivity index (χ0) is 17.4. The summed E-state index contributed by atoms with van der Waals surface area (Å²) < 4.78 is 0. The molecule has 1 aliphatic carbocycles. The van der Waals surface area contributed by atoms with Crippen molar-refractivity contribution < 1.29 is 4.79 Å². The minimum atomic E-state index is 0.351. The molecule has 1 aromatic heterocycles. The van der Waals surface area contributed by atoms with E-state index in [9.17, 15) is 4.79 Å². The number of hydrogen-bond donors (Lipinski definition) is 0. The second kappa shape index (κ2) is 6.58. The molecule has 3 heterocycles. The van der Waals surface area contributed by atoms with Crippen LogP contribution in [-0.2, 0) is 4.79 Å². The SMILES string of the molecule is CC(C)c1cc(N2CCC3(CCN(C(=O)CC4CC4)C3)CC2)ncn1. The van der Waals surface area contributed by atoms with Gasteiger partial charge in [0, 0.05) is 44.4 Å². The highest BCUT2D eigenvalue weighted by molar-refractivity contribution is 5.77. The van der Waals surface area contributed by atoms with Crippen molar-refractivity contribution >= 4 is 11.7 Å². The van der Waals surface area contributed by atoms with E-state index in [4.69, 9.17) is 0 Å². The van der Waals surface area contributed by atoms with E-state index < -0.39 is 0 Å². The fourth-order valence-electron chi connectivity index (χ4n) is 4.31. The second-order valence-electron chi connectivity index (χ2n) is 8.66. The molecule has 0 unspecified atom stereocenters. The average molecular weight is 342 g/mol. The van der Waals surface area contributed by atoms with Crippen LogP contribution in [-0.4, -0.2) is 47.0 Å². The molecule has 1 amide bonds. The average Bonchev–Trinajstić information content (AvgIpc) is 3.34. The molecule has 3 fully saturated rings. The van der Waals surface area contributed by atoms with E-state index >= 15 is 0 Å². The van der Waals surface area contributed by atoms with Gasteiger partial charge in [-0.15, -0.1) is 0 Å². The number of carbonyl (C=O) groups excluding carboxylic acids is 1. The van der Waals surface area contributed by atoms with Crippen molar-refractivity contribution in [1.29, 1.82) is 0 Å². The van der Waals surface area contributed by atoms with Crippen LogP contribution < -0.4 is 4.90 Å². The third-order valence-corrected chi connectivity index (χ3v) is 6.36. The third-order valence-electron chi connectivity index (χ3n) is 6.36. The van der Waals surface area contributed by atoms with Crippen molar-refractivity contribution in [2.24, 2.45) is 11.3 Å². The standard InChI is InChI=1S/C20H30N4O/c1-15(2)17-12-18(22-14-21-17)23-8-5-20(6-9-23)7-10-24(13-20)19(25)11-16-3-4-16/h12,14-16H,3-11,13H2,1-2H3. The molecule has 1 saturated carbocycles. The summed E-state index contributed by atoms with van der Waals surface area (Å²) in [7, 11) is 0. The van der Waals surface area contributed by atoms with Crippen molar-refractivity contribution in [3.05, 3.63) is 18.1 Å². The Kier molecular flexibility index (Phi) is 4.42. The van der Waals surface area contributed by atoms with Gasteiger partial charge in [-0.2, -0.15) is 0 Å². The molecule has 0 atom stereocenters. The normalized spacial score (nSPS) is 22.8. The predicted octanol–water partition coefficient (Wildman–Crippen LogP) is 3.22. The quantitative estimate of drug-likeness (QED) is 0.843. The maximum atomic E-state index is 12.4. The fourth-order valence-corrected chi connectivity index (χ4v) is 4.31. The van der Waals surface area contributed by atoms with Gasteiger partial charge in [0.05, 0.1) is 0 Å². The lowest BCUT2D eigenvalue weighted by Crippen LogP contribution is -2.42. The molecule has 4 rings (SSSR count). The van der Waals surface area contributed by atoms with Gasteiger partial charge >= 0.3 is 0 Å². The predicted molar refractivity (Wildman–Crippen MR) is 98.5 cm³/mol. The molecule has 25 heavy (non-hydrogen) atoms. The van der Waals surface area contributed by atoms with Gasteiger partial charge in [0.1, 0.15) is 12.1 Å². The van der Waals surface area contributed by atoms with Crippen LogP contribution >= 0.6 is 0 Å². The van der Waals surface area contributed by atoms with E-state index in [0.29, 0.717) is 23.2 Å². The number of hydrogen-bond acceptors (Lipinski definition) is 4. The van der Waals surface area contributed by atoms with E-state index in [1.165, 1.54) is 32.1 Å². The Hall–Kier alpha value is -1.65. The Labute approximate surface area is 150 Å². The van der Waals surface area contributed by atoms with Gasteiger partial charge in [-0.1, -0.05) is 13.8 Å². The minimum absolute atomic E-state index is 0.351. The molecule has 0 bridgehead atoms. The highest BCUT2D eigenvalue weighted by atomic mass is 16.2. The highest BCUT2D eigenvalue weighted by Crippen LogP contribution is 2.42. The summed E-state index contributed by atoms with van der Waals surface area (Å²) in [4.78, 5) is 25.8. The maximum absolute atomic E-state index is 12.4. The minimum Gasteiger partial charge on any atom is -0.356 e. The summed E-state index contributed by atoms with van der Waals surface area (Å²) >= 11 is 0. The van der Waals surface area contributed by atoms with Crippen LogP contribution in [0.4, 0.5) is 5.82 Å². The van der Waals surface area contributed by atoms with Crippen LogP contribution in [0.1, 0.15) is 64.0 Å². The first kappa shape index (κ1) is 16.8. The Morgan fingerprint density at radius 2 is 1.92 bits per heavy atom. The first-order valence-electron chi connectivity index (χ1n) is 9.89.